The second-order valence-electron chi connectivity index (χ2n) is 5.93. The highest BCUT2D eigenvalue weighted by Crippen LogP contribution is 2.54. The van der Waals surface area contributed by atoms with Crippen molar-refractivity contribution in [1.82, 2.24) is 19.9 Å². The van der Waals surface area contributed by atoms with E-state index in [0.717, 1.165) is 23.6 Å². The van der Waals surface area contributed by atoms with E-state index in [1.165, 1.54) is 6.07 Å². The molecule has 0 spiro atoms. The van der Waals surface area contributed by atoms with E-state index in [4.69, 9.17) is 0 Å². The Labute approximate surface area is 146 Å². The summed E-state index contributed by atoms with van der Waals surface area (Å²) in [5.41, 5.74) is 1.68. The number of ether oxygens (including phenoxy) is 1. The highest BCUT2D eigenvalue weighted by molar-refractivity contribution is 5.43. The quantitative estimate of drug-likeness (QED) is 0.691. The average Bonchev–Trinajstić information content (AvgIpc) is 3.45. The molecule has 0 amide bonds. The van der Waals surface area contributed by atoms with Gasteiger partial charge in [0.2, 0.25) is 0 Å². The van der Waals surface area contributed by atoms with Crippen LogP contribution in [0.3, 0.4) is 0 Å². The maximum absolute atomic E-state index is 13.5. The lowest BCUT2D eigenvalue weighted by molar-refractivity contribution is -0.0522. The number of hydrogen-bond acceptors (Lipinski definition) is 5. The molecule has 2 heterocycles. The molecule has 3 aromatic rings. The van der Waals surface area contributed by atoms with Gasteiger partial charge in [-0.1, -0.05) is 6.07 Å². The molecule has 26 heavy (non-hydrogen) atoms. The Morgan fingerprint density at radius 2 is 1.58 bits per heavy atom. The molecule has 0 N–H and O–H groups in total. The van der Waals surface area contributed by atoms with Crippen LogP contribution < -0.4 is 4.74 Å². The highest BCUT2D eigenvalue weighted by Gasteiger charge is 2.40. The molecule has 0 aliphatic heterocycles. The van der Waals surface area contributed by atoms with E-state index in [9.17, 15) is 13.2 Å². The zero-order valence-electron chi connectivity index (χ0n) is 13.4. The summed E-state index contributed by atoms with van der Waals surface area (Å²) in [4.78, 5) is 16.8. The number of aromatic nitrogens is 4. The summed E-state index contributed by atoms with van der Waals surface area (Å²) in [7, 11) is 0. The fourth-order valence-corrected chi connectivity index (χ4v) is 2.93. The van der Waals surface area contributed by atoms with Crippen molar-refractivity contribution >= 4 is 0 Å². The molecule has 2 aromatic heterocycles. The molecule has 5 nitrogen and oxygen atoms in total. The van der Waals surface area contributed by atoms with Gasteiger partial charge < -0.3 is 4.74 Å². The van der Waals surface area contributed by atoms with Crippen LogP contribution in [0.1, 0.15) is 29.4 Å². The average molecular weight is 358 g/mol. The van der Waals surface area contributed by atoms with Crippen molar-refractivity contribution in [3.8, 4) is 17.4 Å². The van der Waals surface area contributed by atoms with Crippen LogP contribution in [0, 0.1) is 5.82 Å². The Kier molecular flexibility index (Phi) is 4.24. The maximum atomic E-state index is 13.5. The first kappa shape index (κ1) is 16.4. The summed E-state index contributed by atoms with van der Waals surface area (Å²) in [6.07, 6.45) is 7.46. The van der Waals surface area contributed by atoms with Crippen LogP contribution in [0.5, 0.6) is 5.75 Å². The van der Waals surface area contributed by atoms with E-state index in [2.05, 4.69) is 24.7 Å². The van der Waals surface area contributed by atoms with E-state index in [1.807, 2.05) is 0 Å². The van der Waals surface area contributed by atoms with Gasteiger partial charge in [-0.05, 0) is 47.6 Å². The van der Waals surface area contributed by atoms with Gasteiger partial charge in [0.05, 0.1) is 0 Å². The summed E-state index contributed by atoms with van der Waals surface area (Å²) < 4.78 is 42.5. The van der Waals surface area contributed by atoms with E-state index in [1.54, 1.807) is 36.9 Å². The van der Waals surface area contributed by atoms with E-state index in [0.29, 0.717) is 11.6 Å². The summed E-state index contributed by atoms with van der Waals surface area (Å²) >= 11 is 0. The van der Waals surface area contributed by atoms with Gasteiger partial charge in [-0.2, -0.15) is 8.78 Å². The number of alkyl halides is 2. The minimum absolute atomic E-state index is 0.0954. The van der Waals surface area contributed by atoms with Crippen molar-refractivity contribution < 1.29 is 17.9 Å². The molecule has 1 aliphatic rings. The van der Waals surface area contributed by atoms with Crippen LogP contribution in [0.2, 0.25) is 0 Å². The third-order valence-corrected chi connectivity index (χ3v) is 4.26. The van der Waals surface area contributed by atoms with Crippen molar-refractivity contribution in [2.45, 2.75) is 24.9 Å². The van der Waals surface area contributed by atoms with Crippen LogP contribution in [0.25, 0.3) is 11.6 Å². The maximum Gasteiger partial charge on any atom is 0.387 e. The van der Waals surface area contributed by atoms with Crippen LogP contribution in [0.15, 0.2) is 49.1 Å². The minimum Gasteiger partial charge on any atom is -0.432 e. The first-order chi connectivity index (χ1) is 12.6. The fourth-order valence-electron chi connectivity index (χ4n) is 2.93. The first-order valence-electron chi connectivity index (χ1n) is 7.95. The van der Waals surface area contributed by atoms with Gasteiger partial charge in [0.1, 0.15) is 0 Å². The Morgan fingerprint density at radius 1 is 0.923 bits per heavy atom. The van der Waals surface area contributed by atoms with Crippen molar-refractivity contribution in [2.75, 3.05) is 0 Å². The molecule has 2 atom stereocenters. The second-order valence-corrected chi connectivity index (χ2v) is 5.93. The largest absolute Gasteiger partial charge is 0.432 e. The van der Waals surface area contributed by atoms with Gasteiger partial charge in [0, 0.05) is 24.8 Å². The molecule has 0 radical (unpaired) electrons. The van der Waals surface area contributed by atoms with Gasteiger partial charge in [0.15, 0.2) is 23.2 Å². The third kappa shape index (κ3) is 3.35. The van der Waals surface area contributed by atoms with Gasteiger partial charge in [-0.25, -0.2) is 24.3 Å². The lowest BCUT2D eigenvalue weighted by Crippen LogP contribution is -2.04. The summed E-state index contributed by atoms with van der Waals surface area (Å²) in [5, 5.41) is 0. The summed E-state index contributed by atoms with van der Waals surface area (Å²) in [6.45, 7) is -3.06. The van der Waals surface area contributed by atoms with Crippen LogP contribution >= 0.6 is 0 Å². The number of halogens is 3. The second kappa shape index (κ2) is 6.70. The lowest BCUT2D eigenvalue weighted by Gasteiger charge is -2.08. The molecule has 4 rings (SSSR count). The zero-order valence-corrected chi connectivity index (χ0v) is 13.4. The molecule has 1 aromatic carbocycles. The zero-order chi connectivity index (χ0) is 18.1. The predicted molar refractivity (Wildman–Crippen MR) is 86.2 cm³/mol. The number of rotatable bonds is 5. The third-order valence-electron chi connectivity index (χ3n) is 4.26. The van der Waals surface area contributed by atoms with Gasteiger partial charge in [-0.3, -0.25) is 0 Å². The first-order valence-corrected chi connectivity index (χ1v) is 7.95. The number of nitrogens with zero attached hydrogens (tertiary/aromatic N) is 4. The van der Waals surface area contributed by atoms with Crippen molar-refractivity contribution in [3.63, 3.8) is 0 Å². The minimum atomic E-state index is -3.06. The smallest absolute Gasteiger partial charge is 0.387 e. The Balaban J connectivity index is 1.50. The standard InChI is InChI=1S/C18H13F3N4O/c19-14-3-2-10(6-15(14)26-18(20)21)12-7-13(12)11-8-24-17(25-9-11)16-22-4-1-5-23-16/h1-6,8-9,12-13,18H,7H2/t12-,13+/m1/s1. The lowest BCUT2D eigenvalue weighted by atomic mass is 10.1. The Bertz CT molecular complexity index is 906. The predicted octanol–water partition coefficient (Wildman–Crippen LogP) is 3.95. The molecule has 1 saturated carbocycles. The van der Waals surface area contributed by atoms with Gasteiger partial charge in [0.25, 0.3) is 0 Å². The van der Waals surface area contributed by atoms with Crippen molar-refractivity contribution in [1.29, 1.82) is 0 Å². The van der Waals surface area contributed by atoms with E-state index >= 15 is 0 Å². The van der Waals surface area contributed by atoms with Crippen LogP contribution in [-0.4, -0.2) is 26.5 Å². The van der Waals surface area contributed by atoms with Crippen LogP contribution in [0.4, 0.5) is 13.2 Å². The SMILES string of the molecule is Fc1ccc([C@H]2C[C@H]2c2cnc(-c3ncccn3)nc2)cc1OC(F)F. The number of hydrogen-bond donors (Lipinski definition) is 0. The normalized spacial score (nSPS) is 18.8. The summed E-state index contributed by atoms with van der Waals surface area (Å²) in [6, 6.07) is 5.78. The van der Waals surface area contributed by atoms with Gasteiger partial charge >= 0.3 is 6.61 Å². The molecular formula is C18H13F3N4O. The molecular weight excluding hydrogens is 345 g/mol. The van der Waals surface area contributed by atoms with Crippen LogP contribution in [-0.2, 0) is 0 Å². The Morgan fingerprint density at radius 3 is 2.27 bits per heavy atom. The fraction of sp³-hybridized carbons (Fsp3) is 0.222. The summed E-state index contributed by atoms with van der Waals surface area (Å²) in [5.74, 6) is -0.110. The monoisotopic (exact) mass is 358 g/mol. The van der Waals surface area contributed by atoms with E-state index < -0.39 is 18.2 Å². The Hall–Kier alpha value is -3.03. The molecule has 0 saturated heterocycles. The molecule has 1 aliphatic carbocycles. The van der Waals surface area contributed by atoms with E-state index in [-0.39, 0.29) is 11.8 Å². The molecule has 0 bridgehead atoms. The van der Waals surface area contributed by atoms with Crippen molar-refractivity contribution in [3.05, 3.63) is 66.0 Å². The molecule has 8 heteroatoms. The highest BCUT2D eigenvalue weighted by atomic mass is 19.3. The molecule has 132 valence electrons. The topological polar surface area (TPSA) is 60.8 Å². The molecule has 1 fully saturated rings. The number of benzene rings is 1. The van der Waals surface area contributed by atoms with Crippen molar-refractivity contribution in [2.24, 2.45) is 0 Å². The van der Waals surface area contributed by atoms with Gasteiger partial charge in [-0.15, -0.1) is 0 Å². The molecule has 0 unspecified atom stereocenters.